The van der Waals surface area contributed by atoms with E-state index >= 15 is 0 Å². The van der Waals surface area contributed by atoms with Crippen LogP contribution >= 0.6 is 24.0 Å². The van der Waals surface area contributed by atoms with Gasteiger partial charge in [-0.1, -0.05) is 13.8 Å². The molecule has 0 aromatic rings. The van der Waals surface area contributed by atoms with Gasteiger partial charge < -0.3 is 15.4 Å². The topological polar surface area (TPSA) is 48.9 Å². The van der Waals surface area contributed by atoms with Crippen LogP contribution in [0.2, 0.25) is 0 Å². The standard InChI is InChI=1S/C18H38N4O.HI/c1-7-23-10-8-9-20-17(19-6)21-14-18(4,5)22-12-15(2)11-16(3)13-22;/h15-16H,7-14H2,1-6H3,(H2,19,20,21);1H. The number of rotatable bonds is 8. The third-order valence-electron chi connectivity index (χ3n) is 4.60. The van der Waals surface area contributed by atoms with Crippen molar-refractivity contribution in [3.63, 3.8) is 0 Å². The van der Waals surface area contributed by atoms with Crippen LogP contribution in [-0.2, 0) is 4.74 Å². The summed E-state index contributed by atoms with van der Waals surface area (Å²) in [6.07, 6.45) is 2.35. The van der Waals surface area contributed by atoms with Crippen LogP contribution in [-0.4, -0.2) is 62.8 Å². The van der Waals surface area contributed by atoms with Gasteiger partial charge in [0, 0.05) is 52.0 Å². The summed E-state index contributed by atoms with van der Waals surface area (Å²) >= 11 is 0. The van der Waals surface area contributed by atoms with E-state index in [0.717, 1.165) is 50.5 Å². The Morgan fingerprint density at radius 3 is 2.38 bits per heavy atom. The molecule has 1 fully saturated rings. The first-order valence-electron chi connectivity index (χ1n) is 9.16. The van der Waals surface area contributed by atoms with Crippen molar-refractivity contribution in [3.05, 3.63) is 0 Å². The molecule has 5 nitrogen and oxygen atoms in total. The molecular weight excluding hydrogens is 415 g/mol. The van der Waals surface area contributed by atoms with Gasteiger partial charge in [-0.15, -0.1) is 24.0 Å². The quantitative estimate of drug-likeness (QED) is 0.256. The molecule has 0 aliphatic carbocycles. The molecule has 0 radical (unpaired) electrons. The predicted octanol–water partition coefficient (Wildman–Crippen LogP) is 2.95. The summed E-state index contributed by atoms with van der Waals surface area (Å²) in [5.74, 6) is 2.45. The molecular formula is C18H39IN4O. The van der Waals surface area contributed by atoms with E-state index in [4.69, 9.17) is 4.74 Å². The molecule has 0 aromatic carbocycles. The predicted molar refractivity (Wildman–Crippen MR) is 114 cm³/mol. The van der Waals surface area contributed by atoms with Crippen molar-refractivity contribution >= 4 is 29.9 Å². The highest BCUT2D eigenvalue weighted by atomic mass is 127. The van der Waals surface area contributed by atoms with Crippen LogP contribution in [0.4, 0.5) is 0 Å². The van der Waals surface area contributed by atoms with Crippen molar-refractivity contribution in [2.24, 2.45) is 16.8 Å². The highest BCUT2D eigenvalue weighted by Gasteiger charge is 2.32. The van der Waals surface area contributed by atoms with Gasteiger partial charge in [-0.05, 0) is 45.4 Å². The minimum absolute atomic E-state index is 0. The van der Waals surface area contributed by atoms with Crippen molar-refractivity contribution < 1.29 is 4.74 Å². The van der Waals surface area contributed by atoms with Crippen LogP contribution < -0.4 is 10.6 Å². The minimum atomic E-state index is 0. The molecule has 2 atom stereocenters. The number of aliphatic imine (C=N–C) groups is 1. The largest absolute Gasteiger partial charge is 0.382 e. The SMILES string of the molecule is CCOCCCNC(=NC)NCC(C)(C)N1CC(C)CC(C)C1.I. The Hall–Kier alpha value is -0.0800. The molecule has 2 N–H and O–H groups in total. The molecule has 0 bridgehead atoms. The van der Waals surface area contributed by atoms with Gasteiger partial charge >= 0.3 is 0 Å². The molecule has 2 unspecified atom stereocenters. The highest BCUT2D eigenvalue weighted by molar-refractivity contribution is 14.0. The van der Waals surface area contributed by atoms with Crippen molar-refractivity contribution in [2.45, 2.75) is 53.0 Å². The van der Waals surface area contributed by atoms with Crippen LogP contribution in [0, 0.1) is 11.8 Å². The zero-order valence-corrected chi connectivity index (χ0v) is 18.9. The van der Waals surface area contributed by atoms with Gasteiger partial charge in [-0.25, -0.2) is 0 Å². The Morgan fingerprint density at radius 1 is 1.21 bits per heavy atom. The summed E-state index contributed by atoms with van der Waals surface area (Å²) in [7, 11) is 1.83. The Bertz CT molecular complexity index is 353. The lowest BCUT2D eigenvalue weighted by Crippen LogP contribution is -2.57. The molecule has 0 amide bonds. The smallest absolute Gasteiger partial charge is 0.191 e. The maximum atomic E-state index is 5.36. The van der Waals surface area contributed by atoms with E-state index < -0.39 is 0 Å². The molecule has 1 saturated heterocycles. The van der Waals surface area contributed by atoms with Crippen molar-refractivity contribution in [1.82, 2.24) is 15.5 Å². The van der Waals surface area contributed by atoms with E-state index in [1.165, 1.54) is 19.5 Å². The number of nitrogens with one attached hydrogen (secondary N) is 2. The highest BCUT2D eigenvalue weighted by Crippen LogP contribution is 2.26. The number of likely N-dealkylation sites (tertiary alicyclic amines) is 1. The van der Waals surface area contributed by atoms with Gasteiger partial charge in [0.2, 0.25) is 0 Å². The van der Waals surface area contributed by atoms with E-state index in [2.05, 4.69) is 48.2 Å². The summed E-state index contributed by atoms with van der Waals surface area (Å²) in [6.45, 7) is 17.2. The zero-order chi connectivity index (χ0) is 17.3. The van der Waals surface area contributed by atoms with E-state index in [-0.39, 0.29) is 29.5 Å². The summed E-state index contributed by atoms with van der Waals surface area (Å²) in [6, 6.07) is 0. The number of hydrogen-bond acceptors (Lipinski definition) is 3. The molecule has 24 heavy (non-hydrogen) atoms. The van der Waals surface area contributed by atoms with Crippen molar-refractivity contribution in [1.29, 1.82) is 0 Å². The summed E-state index contributed by atoms with van der Waals surface area (Å²) in [5.41, 5.74) is 0.131. The van der Waals surface area contributed by atoms with Gasteiger partial charge in [-0.3, -0.25) is 9.89 Å². The Balaban J connectivity index is 0.00000529. The summed E-state index contributed by atoms with van der Waals surface area (Å²) in [4.78, 5) is 6.95. The fraction of sp³-hybridized carbons (Fsp3) is 0.944. The average molecular weight is 454 g/mol. The van der Waals surface area contributed by atoms with Gasteiger partial charge in [-0.2, -0.15) is 0 Å². The molecule has 0 spiro atoms. The molecule has 144 valence electrons. The summed E-state index contributed by atoms with van der Waals surface area (Å²) < 4.78 is 5.36. The number of piperidine rings is 1. The lowest BCUT2D eigenvalue weighted by Gasteiger charge is -2.45. The van der Waals surface area contributed by atoms with Crippen LogP contribution in [0.5, 0.6) is 0 Å². The maximum Gasteiger partial charge on any atom is 0.191 e. The minimum Gasteiger partial charge on any atom is -0.382 e. The second kappa shape index (κ2) is 12.3. The molecule has 1 aliphatic heterocycles. The number of ether oxygens (including phenoxy) is 1. The monoisotopic (exact) mass is 454 g/mol. The summed E-state index contributed by atoms with van der Waals surface area (Å²) in [5, 5.41) is 6.85. The first-order chi connectivity index (χ1) is 10.9. The molecule has 1 aliphatic rings. The Labute approximate surface area is 166 Å². The number of hydrogen-bond donors (Lipinski definition) is 2. The lowest BCUT2D eigenvalue weighted by molar-refractivity contribution is 0.0483. The molecule has 0 aromatic heterocycles. The maximum absolute atomic E-state index is 5.36. The molecule has 6 heteroatoms. The zero-order valence-electron chi connectivity index (χ0n) is 16.5. The van der Waals surface area contributed by atoms with Crippen LogP contribution in [0.15, 0.2) is 4.99 Å². The fourth-order valence-corrected chi connectivity index (χ4v) is 3.31. The van der Waals surface area contributed by atoms with E-state index in [1.54, 1.807) is 0 Å². The van der Waals surface area contributed by atoms with E-state index in [9.17, 15) is 0 Å². The Kier molecular flexibility index (Phi) is 12.3. The number of guanidine groups is 1. The van der Waals surface area contributed by atoms with Crippen LogP contribution in [0.25, 0.3) is 0 Å². The van der Waals surface area contributed by atoms with Crippen LogP contribution in [0.3, 0.4) is 0 Å². The van der Waals surface area contributed by atoms with Crippen LogP contribution in [0.1, 0.15) is 47.5 Å². The molecule has 1 heterocycles. The Morgan fingerprint density at radius 2 is 1.83 bits per heavy atom. The fourth-order valence-electron chi connectivity index (χ4n) is 3.31. The first-order valence-corrected chi connectivity index (χ1v) is 9.16. The molecule has 0 saturated carbocycles. The van der Waals surface area contributed by atoms with E-state index in [1.807, 2.05) is 14.0 Å². The lowest BCUT2D eigenvalue weighted by atomic mass is 9.88. The van der Waals surface area contributed by atoms with Gasteiger partial charge in [0.1, 0.15) is 0 Å². The van der Waals surface area contributed by atoms with Crippen molar-refractivity contribution in [3.8, 4) is 0 Å². The third kappa shape index (κ3) is 8.85. The molecule has 1 rings (SSSR count). The van der Waals surface area contributed by atoms with E-state index in [0.29, 0.717) is 0 Å². The third-order valence-corrected chi connectivity index (χ3v) is 4.60. The van der Waals surface area contributed by atoms with Crippen molar-refractivity contribution in [2.75, 3.05) is 46.4 Å². The number of halogens is 1. The van der Waals surface area contributed by atoms with Gasteiger partial charge in [0.25, 0.3) is 0 Å². The first kappa shape index (κ1) is 23.9. The van der Waals surface area contributed by atoms with Gasteiger partial charge in [0.05, 0.1) is 0 Å². The second-order valence-corrected chi connectivity index (χ2v) is 7.57. The van der Waals surface area contributed by atoms with Gasteiger partial charge in [0.15, 0.2) is 5.96 Å². The number of nitrogens with zero attached hydrogens (tertiary/aromatic N) is 2. The second-order valence-electron chi connectivity index (χ2n) is 7.57. The normalized spacial score (nSPS) is 22.8. The average Bonchev–Trinajstić information content (AvgIpc) is 2.49.